The molecule has 0 spiro atoms. The van der Waals surface area contributed by atoms with E-state index in [0.717, 1.165) is 26.1 Å². The minimum absolute atomic E-state index is 0.0780. The maximum absolute atomic E-state index is 13.0. The van der Waals surface area contributed by atoms with Crippen LogP contribution >= 0.6 is 27.3 Å². The Labute approximate surface area is 150 Å². The molecule has 5 nitrogen and oxygen atoms in total. The van der Waals surface area contributed by atoms with E-state index >= 15 is 0 Å². The van der Waals surface area contributed by atoms with Crippen LogP contribution in [-0.2, 0) is 0 Å². The lowest BCUT2D eigenvalue weighted by atomic mass is 10.2. The fraction of sp³-hybridized carbons (Fsp3) is 0.118. The summed E-state index contributed by atoms with van der Waals surface area (Å²) < 4.78 is 3.10. The largest absolute Gasteiger partial charge is 0.377 e. The SMILES string of the molecule is CN(C)c1ccnc2sc3c(=O)n(-c4cccc(Br)c4)cnc3c12. The Bertz CT molecular complexity index is 1130. The second-order valence-corrected chi connectivity index (χ2v) is 7.50. The summed E-state index contributed by atoms with van der Waals surface area (Å²) in [5, 5.41) is 0.931. The van der Waals surface area contributed by atoms with Crippen LogP contribution in [0.1, 0.15) is 0 Å². The molecule has 0 N–H and O–H groups in total. The lowest BCUT2D eigenvalue weighted by Crippen LogP contribution is -2.17. The standard InChI is InChI=1S/C17H13BrN4OS/c1-21(2)12-6-7-19-16-13(12)14-15(24-16)17(23)22(9-20-14)11-5-3-4-10(18)8-11/h3-9H,1-2H3. The minimum atomic E-state index is -0.0780. The quantitative estimate of drug-likeness (QED) is 0.513. The number of hydrogen-bond donors (Lipinski definition) is 0. The Balaban J connectivity index is 2.06. The normalized spacial score (nSPS) is 11.3. The van der Waals surface area contributed by atoms with Gasteiger partial charge in [0.15, 0.2) is 0 Å². The van der Waals surface area contributed by atoms with Crippen LogP contribution in [0, 0.1) is 0 Å². The van der Waals surface area contributed by atoms with E-state index in [1.54, 1.807) is 17.1 Å². The number of fused-ring (bicyclic) bond motifs is 3. The number of nitrogens with zero attached hydrogens (tertiary/aromatic N) is 4. The number of thiophene rings is 1. The van der Waals surface area contributed by atoms with Crippen molar-refractivity contribution < 1.29 is 0 Å². The number of anilines is 1. The number of aromatic nitrogens is 3. The second-order valence-electron chi connectivity index (χ2n) is 5.58. The first-order valence-electron chi connectivity index (χ1n) is 7.28. The molecular weight excluding hydrogens is 388 g/mol. The van der Waals surface area contributed by atoms with Crippen molar-refractivity contribution in [2.75, 3.05) is 19.0 Å². The van der Waals surface area contributed by atoms with Crippen LogP contribution in [0.5, 0.6) is 0 Å². The third-order valence-corrected chi connectivity index (χ3v) is 5.40. The first-order valence-corrected chi connectivity index (χ1v) is 8.89. The van der Waals surface area contributed by atoms with E-state index in [1.807, 2.05) is 49.3 Å². The van der Waals surface area contributed by atoms with Gasteiger partial charge in [0.25, 0.3) is 5.56 Å². The number of pyridine rings is 1. The molecule has 0 radical (unpaired) electrons. The number of rotatable bonds is 2. The van der Waals surface area contributed by atoms with Gasteiger partial charge < -0.3 is 4.90 Å². The molecule has 4 rings (SSSR count). The molecule has 0 aliphatic heterocycles. The van der Waals surface area contributed by atoms with Crippen LogP contribution in [0.3, 0.4) is 0 Å². The summed E-state index contributed by atoms with van der Waals surface area (Å²) in [5.74, 6) is 0. The van der Waals surface area contributed by atoms with Gasteiger partial charge in [0, 0.05) is 24.8 Å². The summed E-state index contributed by atoms with van der Waals surface area (Å²) in [6.07, 6.45) is 3.35. The molecule has 0 bridgehead atoms. The van der Waals surface area contributed by atoms with E-state index in [-0.39, 0.29) is 5.56 Å². The van der Waals surface area contributed by atoms with Crippen molar-refractivity contribution >= 4 is 53.4 Å². The van der Waals surface area contributed by atoms with Gasteiger partial charge in [-0.05, 0) is 24.3 Å². The Morgan fingerprint density at radius 2 is 2.04 bits per heavy atom. The fourth-order valence-electron chi connectivity index (χ4n) is 2.72. The molecule has 1 aromatic carbocycles. The van der Waals surface area contributed by atoms with Crippen molar-refractivity contribution in [3.05, 3.63) is 57.7 Å². The lowest BCUT2D eigenvalue weighted by Gasteiger charge is -2.13. The van der Waals surface area contributed by atoms with Gasteiger partial charge in [-0.3, -0.25) is 9.36 Å². The molecule has 0 fully saturated rings. The third kappa shape index (κ3) is 2.32. The van der Waals surface area contributed by atoms with E-state index in [0.29, 0.717) is 10.2 Å². The molecule has 7 heteroatoms. The zero-order chi connectivity index (χ0) is 16.8. The zero-order valence-corrected chi connectivity index (χ0v) is 15.4. The van der Waals surface area contributed by atoms with Gasteiger partial charge in [-0.25, -0.2) is 9.97 Å². The molecule has 0 saturated carbocycles. The number of benzene rings is 1. The van der Waals surface area contributed by atoms with E-state index in [9.17, 15) is 4.79 Å². The molecule has 0 aliphatic carbocycles. The molecule has 24 heavy (non-hydrogen) atoms. The Morgan fingerprint density at radius 3 is 2.79 bits per heavy atom. The molecule has 0 saturated heterocycles. The molecule has 3 heterocycles. The lowest BCUT2D eigenvalue weighted by molar-refractivity contribution is 0.966. The van der Waals surface area contributed by atoms with Gasteiger partial charge in [-0.1, -0.05) is 22.0 Å². The van der Waals surface area contributed by atoms with Gasteiger partial charge in [0.05, 0.1) is 22.3 Å². The van der Waals surface area contributed by atoms with Crippen molar-refractivity contribution in [3.63, 3.8) is 0 Å². The highest BCUT2D eigenvalue weighted by molar-refractivity contribution is 9.10. The highest BCUT2D eigenvalue weighted by Gasteiger charge is 2.16. The summed E-state index contributed by atoms with van der Waals surface area (Å²) in [4.78, 5) is 24.8. The summed E-state index contributed by atoms with van der Waals surface area (Å²) in [5.41, 5.74) is 2.43. The molecule has 0 amide bonds. The molecule has 3 aromatic heterocycles. The van der Waals surface area contributed by atoms with Crippen molar-refractivity contribution in [1.29, 1.82) is 0 Å². The summed E-state index contributed by atoms with van der Waals surface area (Å²) in [6, 6.07) is 9.54. The third-order valence-electron chi connectivity index (χ3n) is 3.83. The van der Waals surface area contributed by atoms with Crippen molar-refractivity contribution in [2.45, 2.75) is 0 Å². The topological polar surface area (TPSA) is 51.0 Å². The Hall–Kier alpha value is -2.25. The monoisotopic (exact) mass is 400 g/mol. The second kappa shape index (κ2) is 5.68. The molecule has 0 aliphatic rings. The summed E-state index contributed by atoms with van der Waals surface area (Å²) in [6.45, 7) is 0. The van der Waals surface area contributed by atoms with Gasteiger partial charge in [-0.2, -0.15) is 0 Å². The van der Waals surface area contributed by atoms with Gasteiger partial charge in [0.1, 0.15) is 15.9 Å². The van der Waals surface area contributed by atoms with Crippen LogP contribution in [0.4, 0.5) is 5.69 Å². The molecule has 4 aromatic rings. The summed E-state index contributed by atoms with van der Waals surface area (Å²) >= 11 is 4.83. The predicted octanol–water partition coefficient (Wildman–Crippen LogP) is 3.82. The number of halogens is 1. The highest BCUT2D eigenvalue weighted by atomic mass is 79.9. The fourth-order valence-corrected chi connectivity index (χ4v) is 4.15. The van der Waals surface area contributed by atoms with Gasteiger partial charge in [0.2, 0.25) is 0 Å². The Kier molecular flexibility index (Phi) is 3.62. The maximum atomic E-state index is 13.0. The maximum Gasteiger partial charge on any atom is 0.275 e. The first kappa shape index (κ1) is 15.3. The van der Waals surface area contributed by atoms with Crippen molar-refractivity contribution in [2.24, 2.45) is 0 Å². The molecular formula is C17H13BrN4OS. The summed E-state index contributed by atoms with van der Waals surface area (Å²) in [7, 11) is 3.95. The van der Waals surface area contributed by atoms with Crippen LogP contribution < -0.4 is 10.5 Å². The van der Waals surface area contributed by atoms with Crippen LogP contribution in [0.2, 0.25) is 0 Å². The van der Waals surface area contributed by atoms with Gasteiger partial charge in [-0.15, -0.1) is 11.3 Å². The minimum Gasteiger partial charge on any atom is -0.377 e. The van der Waals surface area contributed by atoms with Crippen LogP contribution in [0.15, 0.2) is 52.1 Å². The van der Waals surface area contributed by atoms with E-state index < -0.39 is 0 Å². The highest BCUT2D eigenvalue weighted by Crippen LogP contribution is 2.35. The molecule has 0 unspecified atom stereocenters. The zero-order valence-electron chi connectivity index (χ0n) is 13.0. The van der Waals surface area contributed by atoms with Gasteiger partial charge >= 0.3 is 0 Å². The van der Waals surface area contributed by atoms with Crippen LogP contribution in [0.25, 0.3) is 26.1 Å². The molecule has 0 atom stereocenters. The van der Waals surface area contributed by atoms with Crippen molar-refractivity contribution in [3.8, 4) is 5.69 Å². The number of hydrogen-bond acceptors (Lipinski definition) is 5. The van der Waals surface area contributed by atoms with Crippen molar-refractivity contribution in [1.82, 2.24) is 14.5 Å². The predicted molar refractivity (Wildman–Crippen MR) is 103 cm³/mol. The smallest absolute Gasteiger partial charge is 0.275 e. The Morgan fingerprint density at radius 1 is 1.21 bits per heavy atom. The average Bonchev–Trinajstić information content (AvgIpc) is 2.94. The van der Waals surface area contributed by atoms with E-state index in [4.69, 9.17) is 0 Å². The average molecular weight is 401 g/mol. The van der Waals surface area contributed by atoms with E-state index in [2.05, 4.69) is 25.9 Å². The van der Waals surface area contributed by atoms with Crippen LogP contribution in [-0.4, -0.2) is 28.6 Å². The first-order chi connectivity index (χ1) is 11.6. The molecule has 120 valence electrons. The van der Waals surface area contributed by atoms with E-state index in [1.165, 1.54) is 11.3 Å².